The molecule has 18 nitrogen and oxygen atoms in total. The van der Waals surface area contributed by atoms with Gasteiger partial charge < -0.3 is 37.2 Å². The summed E-state index contributed by atoms with van der Waals surface area (Å²) < 4.78 is 89.0. The number of hydrogen-bond acceptors (Lipinski definition) is 14. The number of nitrogens with zero attached hydrogens (tertiary/aromatic N) is 4. The van der Waals surface area contributed by atoms with E-state index in [1.807, 2.05) is 0 Å². The number of ether oxygens (including phenoxy) is 2. The second-order valence-corrected chi connectivity index (χ2v) is 50.4. The van der Waals surface area contributed by atoms with Crippen LogP contribution >= 0.6 is 30.5 Å². The quantitative estimate of drug-likeness (QED) is 0.0248. The molecule has 2 aromatic heterocycles. The second kappa shape index (κ2) is 29.4. The largest absolute Gasteiger partial charge is 0.541 e. The molecule has 2 N–H and O–H groups in total. The van der Waals surface area contributed by atoms with Crippen LogP contribution in [0.1, 0.15) is 149 Å². The molecule has 0 unspecified atom stereocenters. The lowest BCUT2D eigenvalue weighted by Crippen LogP contribution is -2.51. The lowest BCUT2D eigenvalue weighted by atomic mass is 10.0. The number of benzene rings is 4. The summed E-state index contributed by atoms with van der Waals surface area (Å²) in [5, 5.41) is 0.735. The summed E-state index contributed by atoms with van der Waals surface area (Å²) in [6.45, 7) is 34.7. The highest BCUT2D eigenvalue weighted by atomic mass is 79.9. The minimum absolute atomic E-state index is 0.00586. The highest BCUT2D eigenvalue weighted by Gasteiger charge is 2.53. The van der Waals surface area contributed by atoms with Gasteiger partial charge in [-0.1, -0.05) is 127 Å². The molecule has 0 atom stereocenters. The molecule has 0 radical (unpaired) electrons. The van der Waals surface area contributed by atoms with E-state index in [1.54, 1.807) is 44.3 Å². The van der Waals surface area contributed by atoms with E-state index in [4.69, 9.17) is 27.4 Å². The summed E-state index contributed by atoms with van der Waals surface area (Å²) in [6, 6.07) is 17.7. The van der Waals surface area contributed by atoms with E-state index in [1.165, 1.54) is 54.7 Å². The Hall–Kier alpha value is -5.53. The van der Waals surface area contributed by atoms with E-state index in [0.717, 1.165) is 9.80 Å². The molecule has 0 fully saturated rings. The van der Waals surface area contributed by atoms with Crippen molar-refractivity contribution in [3.05, 3.63) is 130 Å². The molecule has 2 aliphatic rings. The number of carbonyl (C=O) groups is 4. The van der Waals surface area contributed by atoms with Crippen LogP contribution in [-0.4, -0.2) is 102 Å². The van der Waals surface area contributed by atoms with E-state index in [0.29, 0.717) is 27.4 Å². The highest BCUT2D eigenvalue weighted by Crippen LogP contribution is 2.54. The van der Waals surface area contributed by atoms with Crippen LogP contribution in [0.25, 0.3) is 21.8 Å². The molecular weight excluding hydrogens is 1300 g/mol. The van der Waals surface area contributed by atoms with Crippen LogP contribution < -0.4 is 18.3 Å². The standard InChI is InChI=1S/C32H42FN2O7PSi.C28H34FN2O7PSi.C3H9BrSi/c1-9-40-43(38,41-10-2)19-39-29-25-12-11-17-34-28(25)30(42-44(20(3)4,21(5)6)22(7)8)27-26(29)31(36)35(32(27)37)18-23-13-15-24(33)16-14-23;1-16(2)40(17(3)4,18(5)6)38-26-23-22(25(37-15-39(34,35)36)21-8-7-13-30-24(21)26)27(32)31(28(23)33)14-19-9-11-20(29)12-10-19;1-5(2,3)4/h11-17,20-22H,9-10,18-19H2,1-8H3;7-13,16-18H,14-15H2,1-6H3,(H2,34,35,36);1-3H3. The van der Waals surface area contributed by atoms with Gasteiger partial charge in [-0.15, -0.1) is 15.3 Å². The maximum Gasteiger partial charge on any atom is 0.367 e. The summed E-state index contributed by atoms with van der Waals surface area (Å²) in [7, 11) is -13.7. The van der Waals surface area contributed by atoms with Gasteiger partial charge in [0.1, 0.15) is 52.4 Å². The monoisotopic (exact) mass is 1380 g/mol. The molecule has 0 saturated carbocycles. The third kappa shape index (κ3) is 16.0. The van der Waals surface area contributed by atoms with Gasteiger partial charge in [0.05, 0.1) is 48.6 Å². The van der Waals surface area contributed by atoms with Gasteiger partial charge in [0.2, 0.25) is 0 Å². The Balaban J connectivity index is 0.000000264. The predicted molar refractivity (Wildman–Crippen MR) is 354 cm³/mol. The third-order valence-corrected chi connectivity index (χ3v) is 29.8. The van der Waals surface area contributed by atoms with Crippen LogP contribution in [0, 0.1) is 11.6 Å². The Morgan fingerprint density at radius 1 is 0.506 bits per heavy atom. The number of rotatable bonds is 24. The minimum atomic E-state index is -4.64. The first-order chi connectivity index (χ1) is 41.5. The van der Waals surface area contributed by atoms with Gasteiger partial charge in [-0.3, -0.25) is 48.1 Å². The Morgan fingerprint density at radius 3 is 1.08 bits per heavy atom. The van der Waals surface area contributed by atoms with Crippen molar-refractivity contribution in [2.75, 3.05) is 25.9 Å². The first kappa shape index (κ1) is 72.5. The Kier molecular flexibility index (Phi) is 24.0. The van der Waals surface area contributed by atoms with E-state index < -0.39 is 86.5 Å². The van der Waals surface area contributed by atoms with Crippen molar-refractivity contribution in [2.24, 2.45) is 0 Å². The van der Waals surface area contributed by atoms with E-state index in [-0.39, 0.29) is 110 Å². The first-order valence-electron chi connectivity index (χ1n) is 29.9. The van der Waals surface area contributed by atoms with Crippen molar-refractivity contribution in [2.45, 2.75) is 163 Å². The molecule has 6 aromatic rings. The Bertz CT molecular complexity index is 3600. The number of hydrogen-bond donors (Lipinski definition) is 2. The van der Waals surface area contributed by atoms with Gasteiger partial charge in [0.25, 0.3) is 40.3 Å². The fourth-order valence-electron chi connectivity index (χ4n) is 12.2. The Labute approximate surface area is 532 Å². The summed E-state index contributed by atoms with van der Waals surface area (Å²) >= 11 is 3.51. The average molecular weight is 1390 g/mol. The van der Waals surface area contributed by atoms with Gasteiger partial charge >= 0.3 is 15.2 Å². The van der Waals surface area contributed by atoms with Crippen molar-refractivity contribution in [1.29, 1.82) is 0 Å². The molecule has 4 aromatic carbocycles. The molecule has 4 amide bonds. The van der Waals surface area contributed by atoms with Crippen LogP contribution in [0.15, 0.2) is 85.2 Å². The summed E-state index contributed by atoms with van der Waals surface area (Å²) in [4.78, 5) is 86.7. The number of imide groups is 2. The zero-order valence-corrected chi connectivity index (χ0v) is 60.3. The molecule has 26 heteroatoms. The highest BCUT2D eigenvalue weighted by molar-refractivity contribution is 9.26. The van der Waals surface area contributed by atoms with Gasteiger partial charge in [-0.2, -0.15) is 0 Å². The average Bonchev–Trinajstić information content (AvgIpc) is 1.65. The van der Waals surface area contributed by atoms with Gasteiger partial charge in [-0.05, 0) is 107 Å². The number of fused-ring (bicyclic) bond motifs is 4. The number of aromatic nitrogens is 2. The smallest absolute Gasteiger partial charge is 0.367 e. The summed E-state index contributed by atoms with van der Waals surface area (Å²) in [5.41, 5.74) is 2.52. The molecular formula is C63H85BrF2N4O14P2Si3. The SMILES string of the molecule is CC(C)[Si](Oc1c2c(c(OCP(=O)(O)O)c3cccnc13)C(=O)N(Cc1ccc(F)cc1)C2=O)(C(C)C)C(C)C.CCOP(=O)(COc1c2c(c(O[Si](C(C)C)(C(C)C)C(C)C)c3ncccc13)C(=O)N(Cc1ccc(F)cc1)C2=O)OCC.C[Si](C)(C)Br. The number of pyridine rings is 2. The molecule has 2 aliphatic heterocycles. The van der Waals surface area contributed by atoms with Crippen molar-refractivity contribution >= 4 is 99.2 Å². The van der Waals surface area contributed by atoms with Crippen molar-refractivity contribution < 1.29 is 74.2 Å². The van der Waals surface area contributed by atoms with Gasteiger partial charge in [0.15, 0.2) is 12.7 Å². The molecule has 4 heterocycles. The maximum atomic E-state index is 14.3. The van der Waals surface area contributed by atoms with Crippen LogP contribution in [0.4, 0.5) is 8.78 Å². The summed E-state index contributed by atoms with van der Waals surface area (Å²) in [6.07, 6.45) is 1.64. The second-order valence-electron chi connectivity index (χ2n) is 24.8. The molecule has 89 heavy (non-hydrogen) atoms. The number of carbonyl (C=O) groups excluding carboxylic acids is 4. The molecule has 0 aliphatic carbocycles. The van der Waals surface area contributed by atoms with Crippen LogP contribution in [0.2, 0.25) is 52.9 Å². The van der Waals surface area contributed by atoms with E-state index in [2.05, 4.69) is 128 Å². The van der Waals surface area contributed by atoms with E-state index >= 15 is 0 Å². The third-order valence-electron chi connectivity index (χ3n) is 15.7. The zero-order valence-electron chi connectivity index (χ0n) is 53.9. The molecule has 0 spiro atoms. The number of amides is 4. The Morgan fingerprint density at radius 2 is 0.798 bits per heavy atom. The van der Waals surface area contributed by atoms with Crippen molar-refractivity contribution in [3.8, 4) is 23.0 Å². The lowest BCUT2D eigenvalue weighted by molar-refractivity contribution is 0.0625. The normalized spacial score (nSPS) is 13.9. The fourth-order valence-corrected chi connectivity index (χ4v) is 24.3. The molecule has 484 valence electrons. The fraction of sp³-hybridized carbons (Fsp3) is 0.460. The minimum Gasteiger partial charge on any atom is -0.541 e. The van der Waals surface area contributed by atoms with Gasteiger partial charge in [0, 0.05) is 23.2 Å². The van der Waals surface area contributed by atoms with Crippen LogP contribution in [0.5, 0.6) is 23.0 Å². The maximum absolute atomic E-state index is 14.3. The molecule has 8 rings (SSSR count). The number of halogens is 3. The van der Waals surface area contributed by atoms with Crippen molar-refractivity contribution in [1.82, 2.24) is 19.8 Å². The predicted octanol–water partition coefficient (Wildman–Crippen LogP) is 16.8. The first-order valence-corrected chi connectivity index (χ1v) is 43.4. The lowest BCUT2D eigenvalue weighted by Gasteiger charge is -2.42. The molecule has 0 saturated heterocycles. The van der Waals surface area contributed by atoms with E-state index in [9.17, 15) is 46.9 Å². The topological polar surface area (TPSA) is 231 Å². The van der Waals surface area contributed by atoms with Crippen LogP contribution in [0.3, 0.4) is 0 Å². The van der Waals surface area contributed by atoms with Crippen molar-refractivity contribution in [3.63, 3.8) is 0 Å². The van der Waals surface area contributed by atoms with Crippen LogP contribution in [-0.2, 0) is 31.3 Å². The van der Waals surface area contributed by atoms with Gasteiger partial charge in [-0.25, -0.2) is 8.78 Å². The summed E-state index contributed by atoms with van der Waals surface area (Å²) in [5.74, 6) is -3.05. The zero-order chi connectivity index (χ0) is 66.5. The molecule has 0 bridgehead atoms.